The lowest BCUT2D eigenvalue weighted by Gasteiger charge is -2.24. The van der Waals surface area contributed by atoms with Crippen LogP contribution in [0.4, 0.5) is 5.82 Å². The summed E-state index contributed by atoms with van der Waals surface area (Å²) in [4.78, 5) is 24.7. The van der Waals surface area contributed by atoms with Gasteiger partial charge in [-0.1, -0.05) is 19.9 Å². The molecule has 1 aliphatic rings. The number of fused-ring (bicyclic) bond motifs is 4. The van der Waals surface area contributed by atoms with Gasteiger partial charge < -0.3 is 19.8 Å². The van der Waals surface area contributed by atoms with Crippen molar-refractivity contribution in [2.24, 2.45) is 5.92 Å². The minimum Gasteiger partial charge on any atom is -0.383 e. The van der Waals surface area contributed by atoms with E-state index < -0.39 is 0 Å². The van der Waals surface area contributed by atoms with E-state index in [9.17, 15) is 4.79 Å². The molecule has 0 fully saturated rings. The maximum atomic E-state index is 13.6. The third-order valence-corrected chi connectivity index (χ3v) is 5.93. The van der Waals surface area contributed by atoms with E-state index in [0.717, 1.165) is 33.4 Å². The second-order valence-corrected chi connectivity index (χ2v) is 8.85. The fourth-order valence-electron chi connectivity index (χ4n) is 4.50. The quantitative estimate of drug-likeness (QED) is 0.510. The molecule has 32 heavy (non-hydrogen) atoms. The van der Waals surface area contributed by atoms with E-state index in [-0.39, 0.29) is 12.0 Å². The number of benzene rings is 1. The molecule has 0 unspecified atom stereocenters. The summed E-state index contributed by atoms with van der Waals surface area (Å²) in [5, 5.41) is 0.932. The lowest BCUT2D eigenvalue weighted by Crippen LogP contribution is -2.33. The van der Waals surface area contributed by atoms with Crippen LogP contribution < -0.4 is 5.73 Å². The summed E-state index contributed by atoms with van der Waals surface area (Å²) >= 11 is 0. The maximum absolute atomic E-state index is 13.6. The zero-order valence-corrected chi connectivity index (χ0v) is 18.6. The molecule has 164 valence electrons. The summed E-state index contributed by atoms with van der Waals surface area (Å²) in [6, 6.07) is 11.5. The van der Waals surface area contributed by atoms with Crippen LogP contribution in [0.3, 0.4) is 0 Å². The second-order valence-electron chi connectivity index (χ2n) is 8.85. The first-order valence-corrected chi connectivity index (χ1v) is 11.0. The molecule has 4 aromatic rings. The Morgan fingerprint density at radius 1 is 1.28 bits per heavy atom. The topological polar surface area (TPSA) is 85.8 Å². The van der Waals surface area contributed by atoms with Crippen molar-refractivity contribution >= 4 is 28.3 Å². The van der Waals surface area contributed by atoms with Crippen LogP contribution in [-0.4, -0.2) is 31.7 Å². The molecule has 3 aromatic heterocycles. The smallest absolute Gasteiger partial charge is 0.254 e. The highest BCUT2D eigenvalue weighted by Crippen LogP contribution is 2.38. The molecule has 1 aromatic carbocycles. The Morgan fingerprint density at radius 3 is 2.91 bits per heavy atom. The standard InChI is InChI=1S/C25H27N5O2/c1-15(2)11-30(13-18-12-29-9-5-4-6-22(29)27-18)25(31)17-7-8-21-19(10-17)20-14-32-16(3)23(20)24(26)28-21/h4-10,12,15-16H,11,13-14H2,1-3H3,(H2,26,28)/t16-/m1/s1. The van der Waals surface area contributed by atoms with Gasteiger partial charge in [-0.3, -0.25) is 4.79 Å². The average Bonchev–Trinajstić information content (AvgIpc) is 3.36. The summed E-state index contributed by atoms with van der Waals surface area (Å²) in [6.07, 6.45) is 3.86. The first-order chi connectivity index (χ1) is 15.4. The van der Waals surface area contributed by atoms with E-state index in [4.69, 9.17) is 10.5 Å². The molecule has 0 spiro atoms. The summed E-state index contributed by atoms with van der Waals surface area (Å²) in [5.74, 6) is 0.816. The van der Waals surface area contributed by atoms with Crippen molar-refractivity contribution in [2.75, 3.05) is 12.3 Å². The number of imidazole rings is 1. The molecule has 0 saturated heterocycles. The molecular formula is C25H27N5O2. The number of carbonyl (C=O) groups is 1. The van der Waals surface area contributed by atoms with Gasteiger partial charge in [-0.05, 0) is 48.7 Å². The third-order valence-electron chi connectivity index (χ3n) is 5.93. The Morgan fingerprint density at radius 2 is 2.12 bits per heavy atom. The number of nitrogens with zero attached hydrogens (tertiary/aromatic N) is 4. The number of hydrogen-bond donors (Lipinski definition) is 1. The first-order valence-electron chi connectivity index (χ1n) is 11.0. The SMILES string of the molecule is CC(C)CN(Cc1cn2ccccc2n1)C(=O)c1ccc2nc(N)c3c(c2c1)CO[C@@H]3C. The minimum atomic E-state index is -0.0891. The zero-order chi connectivity index (χ0) is 22.4. The van der Waals surface area contributed by atoms with Crippen LogP contribution in [0.5, 0.6) is 0 Å². The minimum absolute atomic E-state index is 0.0183. The highest BCUT2D eigenvalue weighted by atomic mass is 16.5. The van der Waals surface area contributed by atoms with Crippen LogP contribution in [-0.2, 0) is 17.9 Å². The largest absolute Gasteiger partial charge is 0.383 e. The van der Waals surface area contributed by atoms with Gasteiger partial charge in [0.2, 0.25) is 0 Å². The number of carbonyl (C=O) groups excluding carboxylic acids is 1. The molecule has 1 amide bonds. The van der Waals surface area contributed by atoms with Crippen molar-refractivity contribution in [2.45, 2.75) is 40.0 Å². The Bertz CT molecular complexity index is 1290. The predicted octanol–water partition coefficient (Wildman–Crippen LogP) is 4.35. The highest BCUT2D eigenvalue weighted by molar-refractivity contribution is 5.99. The van der Waals surface area contributed by atoms with Crippen LogP contribution in [0.1, 0.15) is 54.1 Å². The van der Waals surface area contributed by atoms with Gasteiger partial charge in [-0.2, -0.15) is 0 Å². The van der Waals surface area contributed by atoms with Crippen LogP contribution in [0, 0.1) is 5.92 Å². The van der Waals surface area contributed by atoms with Gasteiger partial charge in [0.05, 0.1) is 30.5 Å². The summed E-state index contributed by atoms with van der Waals surface area (Å²) in [6.45, 7) is 7.78. The fraction of sp³-hybridized carbons (Fsp3) is 0.320. The number of nitrogen functional groups attached to an aromatic ring is 1. The van der Waals surface area contributed by atoms with Crippen LogP contribution in [0.2, 0.25) is 0 Å². The van der Waals surface area contributed by atoms with Crippen molar-refractivity contribution in [3.05, 3.63) is 71.2 Å². The van der Waals surface area contributed by atoms with E-state index in [0.29, 0.717) is 37.0 Å². The second kappa shape index (κ2) is 7.91. The molecule has 0 saturated carbocycles. The first kappa shape index (κ1) is 20.5. The highest BCUT2D eigenvalue weighted by Gasteiger charge is 2.26. The van der Waals surface area contributed by atoms with E-state index in [1.165, 1.54) is 0 Å². The monoisotopic (exact) mass is 429 g/mol. The van der Waals surface area contributed by atoms with Crippen molar-refractivity contribution in [3.63, 3.8) is 0 Å². The molecule has 0 aliphatic carbocycles. The maximum Gasteiger partial charge on any atom is 0.254 e. The molecule has 0 bridgehead atoms. The van der Waals surface area contributed by atoms with Gasteiger partial charge in [-0.15, -0.1) is 0 Å². The molecule has 2 N–H and O–H groups in total. The molecule has 5 rings (SSSR count). The molecule has 0 radical (unpaired) electrons. The summed E-state index contributed by atoms with van der Waals surface area (Å²) in [7, 11) is 0. The summed E-state index contributed by atoms with van der Waals surface area (Å²) in [5.41, 5.74) is 11.3. The Kier molecular flexibility index (Phi) is 5.06. The average molecular weight is 430 g/mol. The number of ether oxygens (including phenoxy) is 1. The predicted molar refractivity (Wildman–Crippen MR) is 124 cm³/mol. The normalized spacial score (nSPS) is 15.6. The number of rotatable bonds is 5. The molecule has 4 heterocycles. The lowest BCUT2D eigenvalue weighted by atomic mass is 10.00. The fourth-order valence-corrected chi connectivity index (χ4v) is 4.50. The molecule has 7 nitrogen and oxygen atoms in total. The van der Waals surface area contributed by atoms with Crippen LogP contribution >= 0.6 is 0 Å². The van der Waals surface area contributed by atoms with Crippen LogP contribution in [0.15, 0.2) is 48.8 Å². The molecule has 1 atom stereocenters. The number of pyridine rings is 2. The third kappa shape index (κ3) is 3.58. The Hall–Kier alpha value is -3.45. The Balaban J connectivity index is 1.51. The van der Waals surface area contributed by atoms with Gasteiger partial charge in [0.15, 0.2) is 0 Å². The van der Waals surface area contributed by atoms with Crippen molar-refractivity contribution in [1.82, 2.24) is 19.3 Å². The molecular weight excluding hydrogens is 402 g/mol. The number of hydrogen-bond acceptors (Lipinski definition) is 5. The number of anilines is 1. The number of aromatic nitrogens is 3. The summed E-state index contributed by atoms with van der Waals surface area (Å²) < 4.78 is 7.77. The van der Waals surface area contributed by atoms with E-state index in [2.05, 4.69) is 23.8 Å². The van der Waals surface area contributed by atoms with Gasteiger partial charge in [0.25, 0.3) is 5.91 Å². The van der Waals surface area contributed by atoms with Crippen LogP contribution in [0.25, 0.3) is 16.6 Å². The van der Waals surface area contributed by atoms with Gasteiger partial charge in [0.1, 0.15) is 11.5 Å². The van der Waals surface area contributed by atoms with E-state index in [1.54, 1.807) is 0 Å². The van der Waals surface area contributed by atoms with Crippen molar-refractivity contribution in [3.8, 4) is 0 Å². The van der Waals surface area contributed by atoms with Gasteiger partial charge in [-0.25, -0.2) is 9.97 Å². The van der Waals surface area contributed by atoms with Crippen molar-refractivity contribution < 1.29 is 9.53 Å². The van der Waals surface area contributed by atoms with Gasteiger partial charge in [0, 0.05) is 35.5 Å². The van der Waals surface area contributed by atoms with E-state index >= 15 is 0 Å². The molecule has 7 heteroatoms. The number of amides is 1. The van der Waals surface area contributed by atoms with E-state index in [1.807, 2.05) is 65.0 Å². The van der Waals surface area contributed by atoms with Crippen molar-refractivity contribution in [1.29, 1.82) is 0 Å². The zero-order valence-electron chi connectivity index (χ0n) is 18.6. The lowest BCUT2D eigenvalue weighted by molar-refractivity contribution is 0.0720. The van der Waals surface area contributed by atoms with Gasteiger partial charge >= 0.3 is 0 Å². The Labute approximate surface area is 186 Å². The number of nitrogens with two attached hydrogens (primary N) is 1. The molecule has 1 aliphatic heterocycles.